The van der Waals surface area contributed by atoms with Crippen molar-refractivity contribution in [1.82, 2.24) is 5.32 Å². The van der Waals surface area contributed by atoms with Crippen LogP contribution in [0.25, 0.3) is 6.08 Å². The third-order valence-corrected chi connectivity index (χ3v) is 4.37. The Morgan fingerprint density at radius 3 is 2.46 bits per heavy atom. The van der Waals surface area contributed by atoms with Gasteiger partial charge in [0.15, 0.2) is 0 Å². The quantitative estimate of drug-likeness (QED) is 0.666. The Labute approximate surface area is 169 Å². The minimum absolute atomic E-state index is 0.0204. The van der Waals surface area contributed by atoms with Gasteiger partial charge in [0.25, 0.3) is 5.91 Å². The van der Waals surface area contributed by atoms with Crippen molar-refractivity contribution in [1.29, 1.82) is 0 Å². The fraction of sp³-hybridized carbons (Fsp3) is 0.273. The number of rotatable bonds is 7. The predicted octanol–water partition coefficient (Wildman–Crippen LogP) is 4.67. The van der Waals surface area contributed by atoms with E-state index in [0.29, 0.717) is 28.1 Å². The van der Waals surface area contributed by atoms with Gasteiger partial charge in [0.2, 0.25) is 5.91 Å². The van der Waals surface area contributed by atoms with E-state index in [1.54, 1.807) is 48.5 Å². The molecule has 0 atom stereocenters. The molecule has 2 amide bonds. The normalized spacial score (nSPS) is 13.6. The Bertz CT molecular complexity index is 887. The molecule has 2 aromatic rings. The van der Waals surface area contributed by atoms with Gasteiger partial charge in [0.1, 0.15) is 5.75 Å². The average molecular weight is 399 g/mol. The highest BCUT2D eigenvalue weighted by atomic mass is 35.5. The van der Waals surface area contributed by atoms with Gasteiger partial charge in [-0.2, -0.15) is 0 Å². The summed E-state index contributed by atoms with van der Waals surface area (Å²) in [5.74, 6) is 0.248. The van der Waals surface area contributed by atoms with Crippen molar-refractivity contribution in [2.75, 3.05) is 5.32 Å². The summed E-state index contributed by atoms with van der Waals surface area (Å²) in [4.78, 5) is 24.1. The Morgan fingerprint density at radius 2 is 1.86 bits per heavy atom. The van der Waals surface area contributed by atoms with Crippen LogP contribution in [0, 0.1) is 0 Å². The van der Waals surface area contributed by atoms with Crippen LogP contribution in [0.15, 0.2) is 48.5 Å². The maximum atomic E-state index is 12.1. The number of ether oxygens (including phenoxy) is 1. The van der Waals surface area contributed by atoms with Crippen molar-refractivity contribution < 1.29 is 14.3 Å². The number of anilines is 1. The Hall–Kier alpha value is -2.79. The number of benzene rings is 2. The van der Waals surface area contributed by atoms with Crippen LogP contribution >= 0.6 is 11.6 Å². The number of carbonyl (C=O) groups is 2. The molecule has 0 bridgehead atoms. The van der Waals surface area contributed by atoms with Gasteiger partial charge < -0.3 is 15.4 Å². The van der Waals surface area contributed by atoms with Crippen LogP contribution in [-0.2, 0) is 4.79 Å². The summed E-state index contributed by atoms with van der Waals surface area (Å²) in [5.41, 5.74) is 2.03. The second-order valence-electron chi connectivity index (χ2n) is 7.00. The van der Waals surface area contributed by atoms with Crippen molar-refractivity contribution in [3.8, 4) is 5.75 Å². The Morgan fingerprint density at radius 1 is 1.14 bits per heavy atom. The monoisotopic (exact) mass is 398 g/mol. The molecule has 2 aromatic carbocycles. The topological polar surface area (TPSA) is 67.4 Å². The highest BCUT2D eigenvalue weighted by Crippen LogP contribution is 2.28. The number of nitrogens with one attached hydrogen (secondary N) is 2. The lowest BCUT2D eigenvalue weighted by molar-refractivity contribution is -0.111. The van der Waals surface area contributed by atoms with Gasteiger partial charge >= 0.3 is 0 Å². The Kier molecular flexibility index (Phi) is 6.37. The van der Waals surface area contributed by atoms with E-state index in [0.717, 1.165) is 18.4 Å². The fourth-order valence-corrected chi connectivity index (χ4v) is 2.75. The van der Waals surface area contributed by atoms with Gasteiger partial charge in [-0.15, -0.1) is 0 Å². The van der Waals surface area contributed by atoms with Crippen LogP contribution in [0.1, 0.15) is 42.6 Å². The first-order valence-electron chi connectivity index (χ1n) is 9.27. The zero-order valence-electron chi connectivity index (χ0n) is 15.9. The van der Waals surface area contributed by atoms with E-state index in [9.17, 15) is 9.59 Å². The van der Waals surface area contributed by atoms with Crippen molar-refractivity contribution in [2.24, 2.45) is 0 Å². The van der Waals surface area contributed by atoms with Gasteiger partial charge in [-0.05, 0) is 68.7 Å². The molecule has 0 spiro atoms. The molecular weight excluding hydrogens is 376 g/mol. The van der Waals surface area contributed by atoms with Gasteiger partial charge in [-0.3, -0.25) is 9.59 Å². The zero-order chi connectivity index (χ0) is 20.1. The zero-order valence-corrected chi connectivity index (χ0v) is 16.6. The van der Waals surface area contributed by atoms with E-state index in [1.165, 1.54) is 6.08 Å². The molecule has 1 aliphatic carbocycles. The van der Waals surface area contributed by atoms with E-state index in [1.807, 2.05) is 13.8 Å². The van der Waals surface area contributed by atoms with Crippen LogP contribution in [0.4, 0.5) is 5.69 Å². The summed E-state index contributed by atoms with van der Waals surface area (Å²) < 4.78 is 5.57. The van der Waals surface area contributed by atoms with E-state index in [4.69, 9.17) is 16.3 Å². The third kappa shape index (κ3) is 5.86. The first-order chi connectivity index (χ1) is 13.4. The van der Waals surface area contributed by atoms with E-state index in [2.05, 4.69) is 10.6 Å². The molecule has 1 fully saturated rings. The molecule has 0 aliphatic heterocycles. The minimum Gasteiger partial charge on any atom is -0.489 e. The fourth-order valence-electron chi connectivity index (χ4n) is 2.53. The van der Waals surface area contributed by atoms with Crippen LogP contribution in [-0.4, -0.2) is 24.0 Å². The van der Waals surface area contributed by atoms with Crippen LogP contribution in [0.5, 0.6) is 5.75 Å². The smallest absolute Gasteiger partial charge is 0.251 e. The molecule has 146 valence electrons. The summed E-state index contributed by atoms with van der Waals surface area (Å²) in [6, 6.07) is 12.6. The number of hydrogen-bond donors (Lipinski definition) is 2. The molecule has 0 radical (unpaired) electrons. The Balaban J connectivity index is 1.56. The summed E-state index contributed by atoms with van der Waals surface area (Å²) in [6.45, 7) is 3.84. The van der Waals surface area contributed by atoms with Crippen LogP contribution in [0.3, 0.4) is 0 Å². The molecule has 0 aromatic heterocycles. The van der Waals surface area contributed by atoms with Crippen LogP contribution < -0.4 is 15.4 Å². The largest absolute Gasteiger partial charge is 0.489 e. The highest BCUT2D eigenvalue weighted by Gasteiger charge is 2.23. The summed E-state index contributed by atoms with van der Waals surface area (Å²) in [6.07, 6.45) is 5.26. The van der Waals surface area contributed by atoms with Crippen LogP contribution in [0.2, 0.25) is 5.02 Å². The molecule has 0 heterocycles. The number of amides is 2. The first kappa shape index (κ1) is 20.0. The molecule has 5 nitrogen and oxygen atoms in total. The standard InChI is InChI=1S/C22H23ClN2O3/c1-14(2)28-20-11-10-18(13-19(20)23)24-21(26)12-5-15-3-6-16(7-4-15)22(27)25-17-8-9-17/h3-7,10-14,17H,8-9H2,1-2H3,(H,24,26)(H,25,27)/b12-5+. The highest BCUT2D eigenvalue weighted by molar-refractivity contribution is 6.32. The average Bonchev–Trinajstić information content (AvgIpc) is 3.46. The van der Waals surface area contributed by atoms with Gasteiger partial charge in [0, 0.05) is 23.4 Å². The lowest BCUT2D eigenvalue weighted by Crippen LogP contribution is -2.25. The number of halogens is 1. The van der Waals surface area contributed by atoms with Crippen molar-refractivity contribution in [2.45, 2.75) is 38.8 Å². The maximum absolute atomic E-state index is 12.1. The molecule has 2 N–H and O–H groups in total. The molecule has 1 aliphatic rings. The molecular formula is C22H23ClN2O3. The van der Waals surface area contributed by atoms with E-state index in [-0.39, 0.29) is 17.9 Å². The number of carbonyl (C=O) groups excluding carboxylic acids is 2. The molecule has 6 heteroatoms. The molecule has 1 saturated carbocycles. The van der Waals surface area contributed by atoms with E-state index < -0.39 is 0 Å². The van der Waals surface area contributed by atoms with E-state index >= 15 is 0 Å². The molecule has 28 heavy (non-hydrogen) atoms. The minimum atomic E-state index is -0.274. The number of hydrogen-bond acceptors (Lipinski definition) is 3. The second kappa shape index (κ2) is 8.93. The molecule has 3 rings (SSSR count). The SMILES string of the molecule is CC(C)Oc1ccc(NC(=O)/C=C/c2ccc(C(=O)NC3CC3)cc2)cc1Cl. The molecule has 0 unspecified atom stereocenters. The summed E-state index contributed by atoms with van der Waals surface area (Å²) in [5, 5.41) is 6.15. The maximum Gasteiger partial charge on any atom is 0.251 e. The summed E-state index contributed by atoms with van der Waals surface area (Å²) in [7, 11) is 0. The molecule has 0 saturated heterocycles. The lowest BCUT2D eigenvalue weighted by Gasteiger charge is -2.12. The van der Waals surface area contributed by atoms with Crippen molar-refractivity contribution >= 4 is 35.2 Å². The third-order valence-electron chi connectivity index (χ3n) is 4.07. The van der Waals surface area contributed by atoms with Crippen molar-refractivity contribution in [3.05, 3.63) is 64.7 Å². The second-order valence-corrected chi connectivity index (χ2v) is 7.41. The van der Waals surface area contributed by atoms with Gasteiger partial charge in [-0.25, -0.2) is 0 Å². The summed E-state index contributed by atoms with van der Waals surface area (Å²) >= 11 is 6.18. The first-order valence-corrected chi connectivity index (χ1v) is 9.64. The van der Waals surface area contributed by atoms with Gasteiger partial charge in [0.05, 0.1) is 11.1 Å². The van der Waals surface area contributed by atoms with Crippen molar-refractivity contribution in [3.63, 3.8) is 0 Å². The lowest BCUT2D eigenvalue weighted by atomic mass is 10.1. The predicted molar refractivity (Wildman–Crippen MR) is 112 cm³/mol. The van der Waals surface area contributed by atoms with Gasteiger partial charge in [-0.1, -0.05) is 23.7 Å².